The van der Waals surface area contributed by atoms with Gasteiger partial charge in [-0.2, -0.15) is 0 Å². The Morgan fingerprint density at radius 2 is 1.69 bits per heavy atom. The third-order valence-corrected chi connectivity index (χ3v) is 5.76. The summed E-state index contributed by atoms with van der Waals surface area (Å²) < 4.78 is 27.1. The van der Waals surface area contributed by atoms with E-state index in [4.69, 9.17) is 0 Å². The molecule has 0 aliphatic heterocycles. The molecule has 5 nitrogen and oxygen atoms in total. The zero-order chi connectivity index (χ0) is 18.7. The lowest BCUT2D eigenvalue weighted by Crippen LogP contribution is -2.28. The van der Waals surface area contributed by atoms with Crippen molar-refractivity contribution in [2.75, 3.05) is 0 Å². The van der Waals surface area contributed by atoms with E-state index < -0.39 is 10.0 Å². The molecular formula is C20H22N2O3S. The van der Waals surface area contributed by atoms with Gasteiger partial charge in [0.25, 0.3) is 10.0 Å². The summed E-state index contributed by atoms with van der Waals surface area (Å²) in [6.45, 7) is 3.87. The van der Waals surface area contributed by atoms with Gasteiger partial charge in [-0.25, -0.2) is 8.42 Å². The van der Waals surface area contributed by atoms with Crippen molar-refractivity contribution in [3.63, 3.8) is 0 Å². The number of nitrogens with zero attached hydrogens (tertiary/aromatic N) is 1. The molecule has 1 N–H and O–H groups in total. The van der Waals surface area contributed by atoms with Crippen molar-refractivity contribution < 1.29 is 13.2 Å². The number of aryl methyl sites for hydroxylation is 1. The number of rotatable bonds is 6. The number of nitrogens with one attached hydrogen (secondary N) is 1. The molecule has 0 unspecified atom stereocenters. The lowest BCUT2D eigenvalue weighted by atomic mass is 10.1. The minimum absolute atomic E-state index is 0.206. The molecule has 0 heterocycles. The number of hydrogen-bond acceptors (Lipinski definition) is 4. The summed E-state index contributed by atoms with van der Waals surface area (Å²) in [5.74, 6) is 0.739. The molecule has 136 valence electrons. The van der Waals surface area contributed by atoms with Crippen molar-refractivity contribution in [2.24, 2.45) is 10.9 Å². The largest absolute Gasteiger partial charge is 0.294 e. The number of ketones is 1. The first-order valence-corrected chi connectivity index (χ1v) is 10.1. The molecule has 2 aromatic rings. The Bertz CT molecular complexity index is 926. The highest BCUT2D eigenvalue weighted by atomic mass is 32.2. The number of sulfonamides is 1. The van der Waals surface area contributed by atoms with Crippen molar-refractivity contribution in [3.8, 4) is 0 Å². The Labute approximate surface area is 154 Å². The lowest BCUT2D eigenvalue weighted by Gasteiger charge is -2.08. The first kappa shape index (κ1) is 18.3. The number of benzene rings is 2. The second-order valence-corrected chi connectivity index (χ2v) is 8.34. The highest BCUT2D eigenvalue weighted by Crippen LogP contribution is 2.32. The first-order chi connectivity index (χ1) is 12.3. The van der Waals surface area contributed by atoms with Crippen LogP contribution < -0.4 is 4.72 Å². The van der Waals surface area contributed by atoms with Crippen LogP contribution in [0.1, 0.15) is 41.3 Å². The Hall–Kier alpha value is -2.47. The Balaban J connectivity index is 1.62. The fourth-order valence-electron chi connectivity index (χ4n) is 2.57. The maximum atomic E-state index is 12.3. The molecule has 2 aromatic carbocycles. The van der Waals surface area contributed by atoms with E-state index in [2.05, 4.69) is 9.71 Å². The van der Waals surface area contributed by atoms with Gasteiger partial charge in [-0.15, -0.1) is 0 Å². The number of hydrogen-bond donors (Lipinski definition) is 1. The molecule has 1 fully saturated rings. The third kappa shape index (κ3) is 4.58. The van der Waals surface area contributed by atoms with Crippen LogP contribution in [0, 0.1) is 12.8 Å². The second-order valence-electron chi connectivity index (χ2n) is 6.66. The molecule has 0 radical (unpaired) electrons. The van der Waals surface area contributed by atoms with Gasteiger partial charge < -0.3 is 0 Å². The maximum absolute atomic E-state index is 12.3. The number of carbonyl (C=O) groups excluding carboxylic acids is 1. The van der Waals surface area contributed by atoms with E-state index >= 15 is 0 Å². The second kappa shape index (κ2) is 7.41. The average molecular weight is 370 g/mol. The number of carbonyl (C=O) groups is 1. The molecule has 1 saturated carbocycles. The van der Waals surface area contributed by atoms with E-state index in [0.29, 0.717) is 12.4 Å². The van der Waals surface area contributed by atoms with Gasteiger partial charge in [0.1, 0.15) is 5.84 Å². The Morgan fingerprint density at radius 1 is 1.08 bits per heavy atom. The molecule has 6 heteroatoms. The van der Waals surface area contributed by atoms with E-state index in [1.807, 2.05) is 31.2 Å². The first-order valence-electron chi connectivity index (χ1n) is 8.59. The highest BCUT2D eigenvalue weighted by molar-refractivity contribution is 7.90. The van der Waals surface area contributed by atoms with Crippen molar-refractivity contribution in [2.45, 2.75) is 38.1 Å². The van der Waals surface area contributed by atoms with Gasteiger partial charge >= 0.3 is 0 Å². The summed E-state index contributed by atoms with van der Waals surface area (Å²) in [5, 5.41) is 0. The van der Waals surface area contributed by atoms with E-state index in [0.717, 1.165) is 29.5 Å². The fourth-order valence-corrected chi connectivity index (χ4v) is 3.63. The van der Waals surface area contributed by atoms with Gasteiger partial charge in [0.2, 0.25) is 0 Å². The van der Waals surface area contributed by atoms with Crippen LogP contribution >= 0.6 is 0 Å². The summed E-state index contributed by atoms with van der Waals surface area (Å²) >= 11 is 0. The van der Waals surface area contributed by atoms with Gasteiger partial charge in [0.15, 0.2) is 5.78 Å². The molecule has 0 spiro atoms. The minimum Gasteiger partial charge on any atom is -0.294 e. The van der Waals surface area contributed by atoms with Crippen molar-refractivity contribution >= 4 is 21.6 Å². The number of Topliss-reactive ketones (excluding diaryl/α,β-unsaturated/α-hetero) is 1. The summed E-state index contributed by atoms with van der Waals surface area (Å²) in [5.41, 5.74) is 2.65. The van der Waals surface area contributed by atoms with Gasteiger partial charge in [0, 0.05) is 11.5 Å². The summed E-state index contributed by atoms with van der Waals surface area (Å²) in [4.78, 5) is 16.5. The average Bonchev–Trinajstić information content (AvgIpc) is 3.45. The lowest BCUT2D eigenvalue weighted by molar-refractivity contribution is 0.0967. The molecular weight excluding hydrogens is 348 g/mol. The Morgan fingerprint density at radius 3 is 2.27 bits per heavy atom. The van der Waals surface area contributed by atoms with Crippen LogP contribution in [0.4, 0.5) is 0 Å². The molecule has 1 aliphatic rings. The normalized spacial score (nSPS) is 14.9. The topological polar surface area (TPSA) is 75.6 Å². The molecule has 26 heavy (non-hydrogen) atoms. The van der Waals surface area contributed by atoms with Gasteiger partial charge in [0.05, 0.1) is 11.4 Å². The molecule has 0 atom stereocenters. The zero-order valence-corrected chi connectivity index (χ0v) is 15.7. The van der Waals surface area contributed by atoms with Crippen LogP contribution in [0.3, 0.4) is 0 Å². The highest BCUT2D eigenvalue weighted by Gasteiger charge is 2.30. The van der Waals surface area contributed by atoms with Crippen LogP contribution in [0.15, 0.2) is 58.4 Å². The quantitative estimate of drug-likeness (QED) is 0.480. The monoisotopic (exact) mass is 370 g/mol. The smallest absolute Gasteiger partial charge is 0.262 e. The van der Waals surface area contributed by atoms with E-state index in [-0.39, 0.29) is 16.6 Å². The van der Waals surface area contributed by atoms with Crippen molar-refractivity contribution in [1.82, 2.24) is 4.72 Å². The molecule has 0 aromatic heterocycles. The number of amidine groups is 1. The SMILES string of the molecule is CC(=NCc1ccc(C(=O)C2CC2)cc1)NS(=O)(=O)c1ccc(C)cc1. The minimum atomic E-state index is -3.63. The van der Waals surface area contributed by atoms with Crippen LogP contribution in [0.2, 0.25) is 0 Å². The zero-order valence-electron chi connectivity index (χ0n) is 14.9. The molecule has 1 aliphatic carbocycles. The Kier molecular flexibility index (Phi) is 5.23. The third-order valence-electron chi connectivity index (χ3n) is 4.30. The summed E-state index contributed by atoms with van der Waals surface area (Å²) in [7, 11) is -3.63. The van der Waals surface area contributed by atoms with E-state index in [1.54, 1.807) is 31.2 Å². The fraction of sp³-hybridized carbons (Fsp3) is 0.300. The predicted molar refractivity (Wildman–Crippen MR) is 102 cm³/mol. The maximum Gasteiger partial charge on any atom is 0.262 e. The molecule has 0 bridgehead atoms. The summed E-state index contributed by atoms with van der Waals surface area (Å²) in [6, 6.07) is 14.0. The predicted octanol–water partition coefficient (Wildman–Crippen LogP) is 3.48. The van der Waals surface area contributed by atoms with E-state index in [1.165, 1.54) is 0 Å². The van der Waals surface area contributed by atoms with E-state index in [9.17, 15) is 13.2 Å². The van der Waals surface area contributed by atoms with Crippen LogP contribution in [0.5, 0.6) is 0 Å². The molecule has 0 saturated heterocycles. The molecule has 0 amide bonds. The van der Waals surface area contributed by atoms with Gasteiger partial charge in [-0.3, -0.25) is 14.5 Å². The van der Waals surface area contributed by atoms with Crippen molar-refractivity contribution in [1.29, 1.82) is 0 Å². The van der Waals surface area contributed by atoms with Crippen LogP contribution in [0.25, 0.3) is 0 Å². The summed E-state index contributed by atoms with van der Waals surface area (Å²) in [6.07, 6.45) is 1.98. The number of aliphatic imine (C=N–C) groups is 1. The van der Waals surface area contributed by atoms with Gasteiger partial charge in [-0.05, 0) is 44.4 Å². The van der Waals surface area contributed by atoms with Crippen molar-refractivity contribution in [3.05, 3.63) is 65.2 Å². The van der Waals surface area contributed by atoms with Gasteiger partial charge in [-0.1, -0.05) is 42.0 Å². The standard InChI is InChI=1S/C20H22N2O3S/c1-14-3-11-19(12-4-14)26(24,25)22-15(2)21-13-16-5-7-17(8-6-16)20(23)18-9-10-18/h3-8,11-12,18H,9-10,13H2,1-2H3,(H,21,22). The molecule has 3 rings (SSSR count). The van der Waals surface area contributed by atoms with Crippen LogP contribution in [-0.2, 0) is 16.6 Å². The van der Waals surface area contributed by atoms with Crippen LogP contribution in [-0.4, -0.2) is 20.0 Å².